The summed E-state index contributed by atoms with van der Waals surface area (Å²) in [6, 6.07) is 4.02. The lowest BCUT2D eigenvalue weighted by Crippen LogP contribution is -2.16. The number of nitrogens with two attached hydrogens (primary N) is 1. The Kier molecular flexibility index (Phi) is 5.80. The van der Waals surface area contributed by atoms with Crippen molar-refractivity contribution >= 4 is 0 Å². The van der Waals surface area contributed by atoms with Crippen molar-refractivity contribution in [2.75, 3.05) is 6.61 Å². The van der Waals surface area contributed by atoms with Crippen molar-refractivity contribution in [1.29, 1.82) is 0 Å². The first-order valence-corrected chi connectivity index (χ1v) is 7.21. The van der Waals surface area contributed by atoms with Gasteiger partial charge < -0.3 is 10.5 Å². The van der Waals surface area contributed by atoms with Gasteiger partial charge in [0.05, 0.1) is 12.3 Å². The molecule has 0 bridgehead atoms. The number of rotatable bonds is 6. The van der Waals surface area contributed by atoms with Crippen LogP contribution in [0.5, 0.6) is 5.88 Å². The van der Waals surface area contributed by atoms with Gasteiger partial charge in [0.25, 0.3) is 0 Å². The van der Waals surface area contributed by atoms with Gasteiger partial charge in [-0.15, -0.1) is 0 Å². The summed E-state index contributed by atoms with van der Waals surface area (Å²) in [5.41, 5.74) is 7.88. The van der Waals surface area contributed by atoms with Crippen LogP contribution in [0.15, 0.2) is 12.1 Å². The van der Waals surface area contributed by atoms with Gasteiger partial charge in [-0.2, -0.15) is 0 Å². The third kappa shape index (κ3) is 5.19. The summed E-state index contributed by atoms with van der Waals surface area (Å²) in [6.45, 7) is 12.1. The Morgan fingerprint density at radius 1 is 1.32 bits per heavy atom. The molecule has 0 aliphatic heterocycles. The van der Waals surface area contributed by atoms with E-state index in [0.717, 1.165) is 17.9 Å². The second kappa shape index (κ2) is 6.90. The Morgan fingerprint density at radius 2 is 2.00 bits per heavy atom. The molecule has 1 rings (SSSR count). The summed E-state index contributed by atoms with van der Waals surface area (Å²) >= 11 is 0. The van der Waals surface area contributed by atoms with Gasteiger partial charge in [-0.05, 0) is 24.0 Å². The van der Waals surface area contributed by atoms with Crippen molar-refractivity contribution in [3.63, 3.8) is 0 Å². The maximum absolute atomic E-state index is 5.83. The molecule has 3 nitrogen and oxygen atoms in total. The molecule has 1 heterocycles. The number of hydrogen-bond acceptors (Lipinski definition) is 3. The van der Waals surface area contributed by atoms with Gasteiger partial charge in [0.1, 0.15) is 0 Å². The minimum atomic E-state index is 0.0122. The minimum Gasteiger partial charge on any atom is -0.477 e. The highest BCUT2D eigenvalue weighted by atomic mass is 16.5. The monoisotopic (exact) mass is 264 g/mol. The highest BCUT2D eigenvalue weighted by Gasteiger charge is 2.17. The lowest BCUT2D eigenvalue weighted by molar-refractivity contribution is 0.241. The molecule has 0 aromatic carbocycles. The average molecular weight is 264 g/mol. The standard InChI is InChI=1S/C16H28N2O/c1-6-7-12(2)11-19-15-9-13(10-17)8-14(18-15)16(3,4)5/h8-9,12H,6-7,10-11,17H2,1-5H3. The zero-order valence-electron chi connectivity index (χ0n) is 13.0. The first kappa shape index (κ1) is 16.0. The third-order valence-electron chi connectivity index (χ3n) is 3.16. The lowest BCUT2D eigenvalue weighted by atomic mass is 9.91. The van der Waals surface area contributed by atoms with Crippen molar-refractivity contribution in [3.05, 3.63) is 23.4 Å². The van der Waals surface area contributed by atoms with E-state index in [4.69, 9.17) is 10.5 Å². The van der Waals surface area contributed by atoms with E-state index in [-0.39, 0.29) is 5.41 Å². The predicted molar refractivity (Wildman–Crippen MR) is 80.4 cm³/mol. The fourth-order valence-corrected chi connectivity index (χ4v) is 1.94. The lowest BCUT2D eigenvalue weighted by Gasteiger charge is -2.20. The Balaban J connectivity index is 2.83. The summed E-state index contributed by atoms with van der Waals surface area (Å²) in [5, 5.41) is 0. The van der Waals surface area contributed by atoms with Gasteiger partial charge in [-0.25, -0.2) is 4.98 Å². The van der Waals surface area contributed by atoms with Gasteiger partial charge in [-0.3, -0.25) is 0 Å². The van der Waals surface area contributed by atoms with Gasteiger partial charge >= 0.3 is 0 Å². The van der Waals surface area contributed by atoms with Crippen LogP contribution in [0.2, 0.25) is 0 Å². The van der Waals surface area contributed by atoms with E-state index in [1.54, 1.807) is 0 Å². The minimum absolute atomic E-state index is 0.0122. The van der Waals surface area contributed by atoms with Gasteiger partial charge in [-0.1, -0.05) is 41.0 Å². The Labute approximate surface area is 117 Å². The molecule has 0 saturated heterocycles. The molecular formula is C16H28N2O. The first-order valence-electron chi connectivity index (χ1n) is 7.21. The highest BCUT2D eigenvalue weighted by molar-refractivity contribution is 5.28. The van der Waals surface area contributed by atoms with Crippen LogP contribution in [-0.2, 0) is 12.0 Å². The van der Waals surface area contributed by atoms with Crippen molar-refractivity contribution in [2.24, 2.45) is 11.7 Å². The number of hydrogen-bond donors (Lipinski definition) is 1. The van der Waals surface area contributed by atoms with Crippen LogP contribution >= 0.6 is 0 Å². The SMILES string of the molecule is CCCC(C)COc1cc(CN)cc(C(C)(C)C)n1. The largest absolute Gasteiger partial charge is 0.477 e. The van der Waals surface area contributed by atoms with Crippen molar-refractivity contribution in [2.45, 2.75) is 59.4 Å². The highest BCUT2D eigenvalue weighted by Crippen LogP contribution is 2.24. The van der Waals surface area contributed by atoms with E-state index < -0.39 is 0 Å². The normalized spacial score (nSPS) is 13.4. The van der Waals surface area contributed by atoms with E-state index in [0.29, 0.717) is 18.3 Å². The molecule has 0 aliphatic carbocycles. The quantitative estimate of drug-likeness (QED) is 0.853. The molecular weight excluding hydrogens is 236 g/mol. The first-order chi connectivity index (χ1) is 8.86. The molecule has 0 saturated carbocycles. The summed E-state index contributed by atoms with van der Waals surface area (Å²) in [7, 11) is 0. The number of pyridine rings is 1. The van der Waals surface area contributed by atoms with Gasteiger partial charge in [0.15, 0.2) is 0 Å². The van der Waals surface area contributed by atoms with Crippen LogP contribution in [0.25, 0.3) is 0 Å². The van der Waals surface area contributed by atoms with E-state index in [1.807, 2.05) is 6.07 Å². The Hall–Kier alpha value is -1.09. The summed E-state index contributed by atoms with van der Waals surface area (Å²) < 4.78 is 5.83. The fraction of sp³-hybridized carbons (Fsp3) is 0.688. The molecule has 0 spiro atoms. The van der Waals surface area contributed by atoms with E-state index >= 15 is 0 Å². The fourth-order valence-electron chi connectivity index (χ4n) is 1.94. The number of nitrogens with zero attached hydrogens (tertiary/aromatic N) is 1. The maximum atomic E-state index is 5.83. The van der Waals surface area contributed by atoms with E-state index in [9.17, 15) is 0 Å². The van der Waals surface area contributed by atoms with Crippen molar-refractivity contribution in [3.8, 4) is 5.88 Å². The third-order valence-corrected chi connectivity index (χ3v) is 3.16. The molecule has 0 fully saturated rings. The van der Waals surface area contributed by atoms with E-state index in [1.165, 1.54) is 12.8 Å². The van der Waals surface area contributed by atoms with Crippen molar-refractivity contribution in [1.82, 2.24) is 4.98 Å². The summed E-state index contributed by atoms with van der Waals surface area (Å²) in [6.07, 6.45) is 2.37. The molecule has 19 heavy (non-hydrogen) atoms. The average Bonchev–Trinajstić information content (AvgIpc) is 2.35. The molecule has 0 amide bonds. The molecule has 0 radical (unpaired) electrons. The molecule has 1 unspecified atom stereocenters. The molecule has 2 N–H and O–H groups in total. The molecule has 1 aromatic rings. The number of aromatic nitrogens is 1. The maximum Gasteiger partial charge on any atom is 0.213 e. The molecule has 108 valence electrons. The van der Waals surface area contributed by atoms with Crippen LogP contribution in [-0.4, -0.2) is 11.6 Å². The number of ether oxygens (including phenoxy) is 1. The topological polar surface area (TPSA) is 48.1 Å². The van der Waals surface area contributed by atoms with Crippen LogP contribution in [0.4, 0.5) is 0 Å². The van der Waals surface area contributed by atoms with Crippen LogP contribution in [0, 0.1) is 5.92 Å². The summed E-state index contributed by atoms with van der Waals surface area (Å²) in [5.74, 6) is 1.27. The van der Waals surface area contributed by atoms with Gasteiger partial charge in [0.2, 0.25) is 5.88 Å². The summed E-state index contributed by atoms with van der Waals surface area (Å²) in [4.78, 5) is 4.61. The molecule has 0 aliphatic rings. The smallest absolute Gasteiger partial charge is 0.213 e. The van der Waals surface area contributed by atoms with Crippen LogP contribution in [0.3, 0.4) is 0 Å². The zero-order valence-corrected chi connectivity index (χ0v) is 13.0. The second-order valence-electron chi connectivity index (χ2n) is 6.36. The Bertz CT molecular complexity index is 396. The molecule has 1 aromatic heterocycles. The van der Waals surface area contributed by atoms with Gasteiger partial charge in [0, 0.05) is 18.0 Å². The molecule has 3 heteroatoms. The van der Waals surface area contributed by atoms with Crippen molar-refractivity contribution < 1.29 is 4.74 Å². The molecule has 1 atom stereocenters. The zero-order chi connectivity index (χ0) is 14.5. The van der Waals surface area contributed by atoms with E-state index in [2.05, 4.69) is 45.7 Å². The van der Waals surface area contributed by atoms with Crippen LogP contribution in [0.1, 0.15) is 58.7 Å². The predicted octanol–water partition coefficient (Wildman–Crippen LogP) is 3.65. The second-order valence-corrected chi connectivity index (χ2v) is 6.36. The van der Waals surface area contributed by atoms with Crippen LogP contribution < -0.4 is 10.5 Å². The Morgan fingerprint density at radius 3 is 2.53 bits per heavy atom.